The van der Waals surface area contributed by atoms with Gasteiger partial charge in [-0.1, -0.05) is 158 Å². The van der Waals surface area contributed by atoms with Crippen LogP contribution in [0.5, 0.6) is 0 Å². The van der Waals surface area contributed by atoms with E-state index in [0.717, 1.165) is 138 Å². The number of para-hydroxylation sites is 7. The van der Waals surface area contributed by atoms with Gasteiger partial charge >= 0.3 is 0 Å². The summed E-state index contributed by atoms with van der Waals surface area (Å²) in [5, 5.41) is 10.9. The van der Waals surface area contributed by atoms with Crippen LogP contribution in [-0.4, -0.2) is 24.1 Å². The average molecular weight is 986 g/mol. The minimum absolute atomic E-state index is 0.472. The molecule has 358 valence electrons. The lowest BCUT2D eigenvalue weighted by molar-refractivity contribution is 0.668. The molecule has 11 aromatic carbocycles. The summed E-state index contributed by atoms with van der Waals surface area (Å²) in [6, 6.07) is 82.8. The molecule has 8 heteroatoms. The minimum Gasteiger partial charge on any atom is -0.456 e. The Bertz CT molecular complexity index is 5140. The van der Waals surface area contributed by atoms with Crippen LogP contribution in [-0.2, 0) is 0 Å². The van der Waals surface area contributed by atoms with Gasteiger partial charge in [-0.2, -0.15) is 9.97 Å². The highest BCUT2D eigenvalue weighted by Gasteiger charge is 2.24. The molecule has 0 fully saturated rings. The maximum absolute atomic E-state index is 6.60. The Morgan fingerprint density at radius 1 is 0.273 bits per heavy atom. The molecule has 0 unspecified atom stereocenters. The molecule has 0 amide bonds. The predicted octanol–water partition coefficient (Wildman–Crippen LogP) is 18.4. The third-order valence-corrected chi connectivity index (χ3v) is 15.6. The van der Waals surface area contributed by atoms with Gasteiger partial charge in [-0.25, -0.2) is 4.98 Å². The molecule has 0 saturated heterocycles. The first kappa shape index (κ1) is 41.9. The molecule has 0 saturated carbocycles. The molecule has 17 aromatic rings. The summed E-state index contributed by atoms with van der Waals surface area (Å²) < 4.78 is 24.1. The molecule has 0 N–H and O–H groups in total. The maximum atomic E-state index is 6.60. The van der Waals surface area contributed by atoms with E-state index in [2.05, 4.69) is 185 Å². The van der Waals surface area contributed by atoms with Gasteiger partial charge in [-0.05, 0) is 90.0 Å². The van der Waals surface area contributed by atoms with Gasteiger partial charge in [0.05, 0.1) is 22.1 Å². The van der Waals surface area contributed by atoms with Crippen molar-refractivity contribution < 1.29 is 13.3 Å². The standard InChI is InChI=1S/C69H39N5O3/c1-6-25-57-47(16-1)48-17-2-7-26-58(48)73(57)44-32-35-59-56(39-44)54-23-12-21-45(40-14-11-15-41(36-40)46-22-13-24-55-51-20-5-10-29-62(51)77-66(46)55)65(54)74(59)69-71-67(42-30-33-52-49-18-3-8-27-60(49)75-63(52)37-42)70-68(72-69)43-31-34-53-50-19-4-9-28-61(50)76-64(53)38-43/h1-39H. The molecule has 0 radical (unpaired) electrons. The van der Waals surface area contributed by atoms with Crippen molar-refractivity contribution in [3.8, 4) is 56.7 Å². The largest absolute Gasteiger partial charge is 0.456 e. The average Bonchev–Trinajstić information content (AvgIpc) is 4.34. The van der Waals surface area contributed by atoms with Gasteiger partial charge < -0.3 is 17.8 Å². The van der Waals surface area contributed by atoms with Gasteiger partial charge in [-0.15, -0.1) is 0 Å². The summed E-state index contributed by atoms with van der Waals surface area (Å²) in [7, 11) is 0. The van der Waals surface area contributed by atoms with Crippen LogP contribution in [0.4, 0.5) is 0 Å². The van der Waals surface area contributed by atoms with Gasteiger partial charge in [0, 0.05) is 81.8 Å². The van der Waals surface area contributed by atoms with Gasteiger partial charge in [0.25, 0.3) is 0 Å². The highest BCUT2D eigenvalue weighted by atomic mass is 16.3. The van der Waals surface area contributed by atoms with Crippen LogP contribution in [0, 0.1) is 0 Å². The number of hydrogen-bond acceptors (Lipinski definition) is 6. The fourth-order valence-corrected chi connectivity index (χ4v) is 12.1. The Morgan fingerprint density at radius 3 is 1.39 bits per heavy atom. The molecular formula is C69H39N5O3. The van der Waals surface area contributed by atoms with Crippen molar-refractivity contribution in [3.05, 3.63) is 237 Å². The zero-order chi connectivity index (χ0) is 50.3. The van der Waals surface area contributed by atoms with E-state index < -0.39 is 0 Å². The third kappa shape index (κ3) is 6.24. The molecule has 6 aromatic heterocycles. The van der Waals surface area contributed by atoms with Crippen LogP contribution in [0.3, 0.4) is 0 Å². The lowest BCUT2D eigenvalue weighted by Crippen LogP contribution is -2.07. The van der Waals surface area contributed by atoms with Crippen molar-refractivity contribution in [2.75, 3.05) is 0 Å². The van der Waals surface area contributed by atoms with Gasteiger partial charge in [0.15, 0.2) is 11.6 Å². The highest BCUT2D eigenvalue weighted by Crippen LogP contribution is 2.43. The first-order chi connectivity index (χ1) is 38.1. The van der Waals surface area contributed by atoms with Crippen LogP contribution >= 0.6 is 0 Å². The Labute approximate surface area is 437 Å². The van der Waals surface area contributed by atoms with Crippen molar-refractivity contribution in [1.29, 1.82) is 0 Å². The Kier molecular flexibility index (Phi) is 8.68. The van der Waals surface area contributed by atoms with E-state index in [4.69, 9.17) is 28.2 Å². The second-order valence-corrected chi connectivity index (χ2v) is 19.9. The molecule has 0 aliphatic carbocycles. The summed E-state index contributed by atoms with van der Waals surface area (Å²) in [5.41, 5.74) is 15.9. The number of hydrogen-bond donors (Lipinski definition) is 0. The molecule has 0 atom stereocenters. The first-order valence-corrected chi connectivity index (χ1v) is 25.8. The van der Waals surface area contributed by atoms with E-state index >= 15 is 0 Å². The topological polar surface area (TPSA) is 88.0 Å². The van der Waals surface area contributed by atoms with E-state index in [-0.39, 0.29) is 0 Å². The van der Waals surface area contributed by atoms with Crippen LogP contribution in [0.25, 0.3) is 166 Å². The number of aromatic nitrogens is 5. The molecular weight excluding hydrogens is 947 g/mol. The van der Waals surface area contributed by atoms with Crippen molar-refractivity contribution in [2.45, 2.75) is 0 Å². The SMILES string of the molecule is c1cc(-c2cccc3c2oc2ccccc23)cc(-c2cccc3c4cc(-n5c6ccccc6c6ccccc65)ccc4n(-c4nc(-c5ccc6c(c5)oc5ccccc56)nc(-c5ccc6c(c5)oc5ccccc56)n4)c23)c1. The Morgan fingerprint density at radius 2 is 0.753 bits per heavy atom. The first-order valence-electron chi connectivity index (χ1n) is 25.8. The third-order valence-electron chi connectivity index (χ3n) is 15.6. The summed E-state index contributed by atoms with van der Waals surface area (Å²) in [6.45, 7) is 0. The zero-order valence-corrected chi connectivity index (χ0v) is 41.0. The Hall–Kier alpha value is -10.6. The van der Waals surface area contributed by atoms with Crippen molar-refractivity contribution in [2.24, 2.45) is 0 Å². The summed E-state index contributed by atoms with van der Waals surface area (Å²) in [5.74, 6) is 1.49. The summed E-state index contributed by atoms with van der Waals surface area (Å²) in [6.07, 6.45) is 0. The monoisotopic (exact) mass is 985 g/mol. The number of rotatable bonds is 6. The molecule has 8 nitrogen and oxygen atoms in total. The molecule has 17 rings (SSSR count). The van der Waals surface area contributed by atoms with E-state index in [9.17, 15) is 0 Å². The molecule has 0 bridgehead atoms. The molecule has 77 heavy (non-hydrogen) atoms. The van der Waals surface area contributed by atoms with E-state index in [1.54, 1.807) is 0 Å². The quantitative estimate of drug-likeness (QED) is 0.165. The van der Waals surface area contributed by atoms with Crippen LogP contribution < -0.4 is 0 Å². The minimum atomic E-state index is 0.472. The molecule has 6 heterocycles. The lowest BCUT2D eigenvalue weighted by atomic mass is 9.96. The number of nitrogens with zero attached hydrogens (tertiary/aromatic N) is 5. The molecule has 0 aliphatic rings. The molecule has 0 spiro atoms. The fourth-order valence-electron chi connectivity index (χ4n) is 12.1. The summed E-state index contributed by atoms with van der Waals surface area (Å²) in [4.78, 5) is 16.3. The van der Waals surface area contributed by atoms with E-state index in [0.29, 0.717) is 17.6 Å². The fraction of sp³-hybridized carbons (Fsp3) is 0. The van der Waals surface area contributed by atoms with Crippen molar-refractivity contribution >= 4 is 109 Å². The second-order valence-electron chi connectivity index (χ2n) is 19.9. The molecule has 0 aliphatic heterocycles. The Balaban J connectivity index is 0.941. The van der Waals surface area contributed by atoms with E-state index in [1.807, 2.05) is 60.7 Å². The normalized spacial score (nSPS) is 12.2. The van der Waals surface area contributed by atoms with Gasteiger partial charge in [-0.3, -0.25) is 4.57 Å². The van der Waals surface area contributed by atoms with Crippen LogP contribution in [0.1, 0.15) is 0 Å². The zero-order valence-electron chi connectivity index (χ0n) is 41.0. The van der Waals surface area contributed by atoms with E-state index in [1.165, 1.54) is 10.8 Å². The second kappa shape index (κ2) is 16.0. The predicted molar refractivity (Wildman–Crippen MR) is 312 cm³/mol. The van der Waals surface area contributed by atoms with Crippen LogP contribution in [0.2, 0.25) is 0 Å². The number of benzene rings is 11. The van der Waals surface area contributed by atoms with Crippen LogP contribution in [0.15, 0.2) is 250 Å². The van der Waals surface area contributed by atoms with Crippen molar-refractivity contribution in [3.63, 3.8) is 0 Å². The van der Waals surface area contributed by atoms with Gasteiger partial charge in [0.1, 0.15) is 33.5 Å². The number of furan rings is 3. The summed E-state index contributed by atoms with van der Waals surface area (Å²) >= 11 is 0. The maximum Gasteiger partial charge on any atom is 0.238 e. The lowest BCUT2D eigenvalue weighted by Gasteiger charge is -2.14. The van der Waals surface area contributed by atoms with Crippen molar-refractivity contribution in [1.82, 2.24) is 24.1 Å². The highest BCUT2D eigenvalue weighted by molar-refractivity contribution is 6.16. The number of fused-ring (bicyclic) bond motifs is 15. The smallest absolute Gasteiger partial charge is 0.238 e. The van der Waals surface area contributed by atoms with Gasteiger partial charge in [0.2, 0.25) is 5.95 Å².